The van der Waals surface area contributed by atoms with E-state index >= 15 is 0 Å². The average molecular weight is 381 g/mol. The van der Waals surface area contributed by atoms with Crippen LogP contribution in [0.1, 0.15) is 0 Å². The number of nitrogens with zero attached hydrogens (tertiary/aromatic N) is 2. The summed E-state index contributed by atoms with van der Waals surface area (Å²) in [6, 6.07) is 5.47. The summed E-state index contributed by atoms with van der Waals surface area (Å²) in [4.78, 5) is 7.80. The normalized spacial score (nSPS) is 10.3. The molecule has 0 atom stereocenters. The van der Waals surface area contributed by atoms with Gasteiger partial charge in [-0.2, -0.15) is 4.98 Å². The van der Waals surface area contributed by atoms with E-state index in [9.17, 15) is 0 Å². The largest absolute Gasteiger partial charge is 0.394 e. The number of halogens is 3. The predicted molar refractivity (Wildman–Crippen MR) is 78.9 cm³/mol. The van der Waals surface area contributed by atoms with E-state index in [1.54, 1.807) is 6.07 Å². The molecule has 2 aromatic rings. The Labute approximate surface area is 122 Å². The van der Waals surface area contributed by atoms with Gasteiger partial charge in [0.1, 0.15) is 0 Å². The minimum atomic E-state index is 0.144. The molecular weight excluding hydrogens is 374 g/mol. The van der Waals surface area contributed by atoms with E-state index < -0.39 is 0 Å². The van der Waals surface area contributed by atoms with Crippen LogP contribution in [0, 0.1) is 3.57 Å². The molecule has 1 heterocycles. The van der Waals surface area contributed by atoms with Crippen molar-refractivity contribution >= 4 is 63.0 Å². The molecule has 0 aliphatic heterocycles. The van der Waals surface area contributed by atoms with Gasteiger partial charge in [0, 0.05) is 8.59 Å². The molecular formula is C10H7Cl2IN4. The molecule has 4 nitrogen and oxygen atoms in total. The van der Waals surface area contributed by atoms with Crippen LogP contribution in [-0.4, -0.2) is 9.97 Å². The molecule has 1 aromatic heterocycles. The Bertz CT molecular complexity index is 562. The Morgan fingerprint density at radius 3 is 2.76 bits per heavy atom. The summed E-state index contributed by atoms with van der Waals surface area (Å²) < 4.78 is 0.962. The van der Waals surface area contributed by atoms with Crippen molar-refractivity contribution in [1.29, 1.82) is 0 Å². The monoisotopic (exact) mass is 380 g/mol. The van der Waals surface area contributed by atoms with E-state index in [1.807, 2.05) is 12.1 Å². The van der Waals surface area contributed by atoms with Crippen LogP contribution in [0.3, 0.4) is 0 Å². The highest BCUT2D eigenvalue weighted by atomic mass is 127. The standard InChI is InChI=1S/C10H7Cl2IN4/c11-5-1-2-8(6(13)3-5)16-9-7(14)4-15-10(12)17-9/h1-4H,14H2,(H,15,16,17). The number of nitrogen functional groups attached to an aromatic ring is 1. The highest BCUT2D eigenvalue weighted by molar-refractivity contribution is 14.1. The number of nitrogens with two attached hydrogens (primary N) is 1. The second-order valence-electron chi connectivity index (χ2n) is 3.19. The first-order valence-corrected chi connectivity index (χ1v) is 6.40. The van der Waals surface area contributed by atoms with Gasteiger partial charge < -0.3 is 11.1 Å². The SMILES string of the molecule is Nc1cnc(Cl)nc1Nc1ccc(Cl)cc1I. The van der Waals surface area contributed by atoms with Crippen LogP contribution in [0.4, 0.5) is 17.2 Å². The summed E-state index contributed by atoms with van der Waals surface area (Å²) in [5, 5.41) is 3.90. The first-order chi connectivity index (χ1) is 8.06. The van der Waals surface area contributed by atoms with E-state index in [-0.39, 0.29) is 5.28 Å². The summed E-state index contributed by atoms with van der Waals surface area (Å²) >= 11 is 13.7. The van der Waals surface area contributed by atoms with Crippen molar-refractivity contribution in [2.45, 2.75) is 0 Å². The average Bonchev–Trinajstić information content (AvgIpc) is 2.27. The van der Waals surface area contributed by atoms with Crippen molar-refractivity contribution in [2.75, 3.05) is 11.1 Å². The van der Waals surface area contributed by atoms with Crippen molar-refractivity contribution in [3.63, 3.8) is 0 Å². The lowest BCUT2D eigenvalue weighted by Gasteiger charge is -2.09. The second kappa shape index (κ2) is 5.24. The number of benzene rings is 1. The van der Waals surface area contributed by atoms with E-state index in [1.165, 1.54) is 6.20 Å². The third-order valence-electron chi connectivity index (χ3n) is 1.97. The minimum Gasteiger partial charge on any atom is -0.394 e. The van der Waals surface area contributed by atoms with Crippen LogP contribution in [0.2, 0.25) is 10.3 Å². The number of rotatable bonds is 2. The molecule has 0 fully saturated rings. The van der Waals surface area contributed by atoms with Crippen LogP contribution in [0.15, 0.2) is 24.4 Å². The summed E-state index contributed by atoms with van der Waals surface area (Å²) in [5.74, 6) is 0.477. The lowest BCUT2D eigenvalue weighted by atomic mass is 10.3. The summed E-state index contributed by atoms with van der Waals surface area (Å²) in [6.07, 6.45) is 1.46. The molecule has 17 heavy (non-hydrogen) atoms. The first kappa shape index (κ1) is 12.7. The van der Waals surface area contributed by atoms with Crippen LogP contribution in [-0.2, 0) is 0 Å². The van der Waals surface area contributed by atoms with Crippen molar-refractivity contribution in [1.82, 2.24) is 9.97 Å². The minimum absolute atomic E-state index is 0.144. The fourth-order valence-corrected chi connectivity index (χ4v) is 2.33. The van der Waals surface area contributed by atoms with Gasteiger partial charge >= 0.3 is 0 Å². The molecule has 0 saturated carbocycles. The van der Waals surface area contributed by atoms with Crippen molar-refractivity contribution < 1.29 is 0 Å². The fourth-order valence-electron chi connectivity index (χ4n) is 1.19. The molecule has 88 valence electrons. The quantitative estimate of drug-likeness (QED) is 0.615. The number of hydrogen-bond donors (Lipinski definition) is 2. The Hall–Kier alpha value is -0.790. The van der Waals surface area contributed by atoms with E-state index in [0.29, 0.717) is 16.5 Å². The number of hydrogen-bond acceptors (Lipinski definition) is 4. The molecule has 0 radical (unpaired) electrons. The van der Waals surface area contributed by atoms with Gasteiger partial charge in [0.15, 0.2) is 5.82 Å². The molecule has 0 spiro atoms. The summed E-state index contributed by atoms with van der Waals surface area (Å²) in [6.45, 7) is 0. The maximum atomic E-state index is 5.87. The van der Waals surface area contributed by atoms with Crippen LogP contribution in [0.25, 0.3) is 0 Å². The summed E-state index contributed by atoms with van der Waals surface area (Å²) in [5.41, 5.74) is 7.03. The molecule has 0 amide bonds. The number of anilines is 3. The Balaban J connectivity index is 2.34. The van der Waals surface area contributed by atoms with Gasteiger partial charge in [-0.15, -0.1) is 0 Å². The number of nitrogens with one attached hydrogen (secondary N) is 1. The van der Waals surface area contributed by atoms with Crippen molar-refractivity contribution in [3.05, 3.63) is 38.3 Å². The zero-order valence-corrected chi connectivity index (χ0v) is 12.1. The van der Waals surface area contributed by atoms with Gasteiger partial charge in [-0.25, -0.2) is 4.98 Å². The maximum absolute atomic E-state index is 5.87. The molecule has 0 unspecified atom stereocenters. The van der Waals surface area contributed by atoms with Crippen molar-refractivity contribution in [3.8, 4) is 0 Å². The smallest absolute Gasteiger partial charge is 0.224 e. The van der Waals surface area contributed by atoms with Crippen LogP contribution >= 0.6 is 45.8 Å². The zero-order chi connectivity index (χ0) is 12.4. The molecule has 0 aliphatic rings. The van der Waals surface area contributed by atoms with E-state index in [0.717, 1.165) is 9.26 Å². The van der Waals surface area contributed by atoms with Gasteiger partial charge in [0.05, 0.1) is 17.6 Å². The van der Waals surface area contributed by atoms with Gasteiger partial charge in [0.25, 0.3) is 0 Å². The molecule has 0 aliphatic carbocycles. The molecule has 2 rings (SSSR count). The third kappa shape index (κ3) is 3.11. The fraction of sp³-hybridized carbons (Fsp3) is 0. The molecule has 7 heteroatoms. The Morgan fingerprint density at radius 2 is 2.06 bits per heavy atom. The highest BCUT2D eigenvalue weighted by Gasteiger charge is 2.06. The topological polar surface area (TPSA) is 63.8 Å². The summed E-state index contributed by atoms with van der Waals surface area (Å²) in [7, 11) is 0. The van der Waals surface area contributed by atoms with Gasteiger partial charge in [-0.05, 0) is 52.4 Å². The Morgan fingerprint density at radius 1 is 1.29 bits per heavy atom. The van der Waals surface area contributed by atoms with Gasteiger partial charge in [-0.1, -0.05) is 11.6 Å². The van der Waals surface area contributed by atoms with Crippen LogP contribution in [0.5, 0.6) is 0 Å². The number of aromatic nitrogens is 2. The predicted octanol–water partition coefficient (Wildman–Crippen LogP) is 3.71. The van der Waals surface area contributed by atoms with Crippen LogP contribution < -0.4 is 11.1 Å². The van der Waals surface area contributed by atoms with Gasteiger partial charge in [-0.3, -0.25) is 0 Å². The molecule has 3 N–H and O–H groups in total. The first-order valence-electron chi connectivity index (χ1n) is 4.56. The Kier molecular flexibility index (Phi) is 3.90. The maximum Gasteiger partial charge on any atom is 0.224 e. The van der Waals surface area contributed by atoms with Gasteiger partial charge in [0.2, 0.25) is 5.28 Å². The zero-order valence-electron chi connectivity index (χ0n) is 8.42. The van der Waals surface area contributed by atoms with E-state index in [2.05, 4.69) is 37.9 Å². The lowest BCUT2D eigenvalue weighted by molar-refractivity contribution is 1.17. The molecule has 1 aromatic carbocycles. The van der Waals surface area contributed by atoms with Crippen molar-refractivity contribution in [2.24, 2.45) is 0 Å². The lowest BCUT2D eigenvalue weighted by Crippen LogP contribution is -2.01. The highest BCUT2D eigenvalue weighted by Crippen LogP contribution is 2.27. The molecule has 0 saturated heterocycles. The third-order valence-corrected chi connectivity index (χ3v) is 3.28. The molecule has 0 bridgehead atoms. The second-order valence-corrected chi connectivity index (χ2v) is 5.13. The van der Waals surface area contributed by atoms with E-state index in [4.69, 9.17) is 28.9 Å².